The number of anilines is 1. The molecule has 0 saturated heterocycles. The standard InChI is InChI=1S/C16H20N4O4S2/c1-3-20(4-2)26(23,24)13-7-5-12(6-8-13)15(22)18-11-14(21)19-16-17-9-10-25-16/h5-10H,3-4,11H2,1-2H3,(H,18,22)(H,17,19,21). The topological polar surface area (TPSA) is 108 Å². The summed E-state index contributed by atoms with van der Waals surface area (Å²) in [5.74, 6) is -0.861. The van der Waals surface area contributed by atoms with Crippen molar-refractivity contribution in [3.05, 3.63) is 41.4 Å². The highest BCUT2D eigenvalue weighted by molar-refractivity contribution is 7.89. The van der Waals surface area contributed by atoms with Crippen LogP contribution in [0.3, 0.4) is 0 Å². The number of hydrogen-bond acceptors (Lipinski definition) is 6. The van der Waals surface area contributed by atoms with Gasteiger partial charge in [-0.05, 0) is 24.3 Å². The average Bonchev–Trinajstić information content (AvgIpc) is 3.13. The van der Waals surface area contributed by atoms with Gasteiger partial charge in [-0.2, -0.15) is 4.31 Å². The third-order valence-corrected chi connectivity index (χ3v) is 6.30. The second kappa shape index (κ2) is 8.88. The number of rotatable bonds is 8. The van der Waals surface area contributed by atoms with Crippen LogP contribution in [-0.4, -0.2) is 49.2 Å². The molecule has 0 radical (unpaired) electrons. The maximum Gasteiger partial charge on any atom is 0.251 e. The summed E-state index contributed by atoms with van der Waals surface area (Å²) in [6.07, 6.45) is 1.56. The molecule has 1 aromatic carbocycles. The molecule has 2 N–H and O–H groups in total. The highest BCUT2D eigenvalue weighted by Gasteiger charge is 2.21. The Bertz CT molecular complexity index is 845. The van der Waals surface area contributed by atoms with Gasteiger partial charge in [0, 0.05) is 30.2 Å². The first-order chi connectivity index (χ1) is 12.4. The molecule has 0 aliphatic rings. The molecule has 0 spiro atoms. The number of carbonyl (C=O) groups excluding carboxylic acids is 2. The van der Waals surface area contributed by atoms with E-state index in [0.717, 1.165) is 0 Å². The minimum absolute atomic E-state index is 0.124. The number of amides is 2. The number of sulfonamides is 1. The van der Waals surface area contributed by atoms with E-state index in [1.54, 1.807) is 25.4 Å². The molecular weight excluding hydrogens is 376 g/mol. The van der Waals surface area contributed by atoms with E-state index in [-0.39, 0.29) is 17.0 Å². The molecule has 0 atom stereocenters. The first kappa shape index (κ1) is 20.0. The van der Waals surface area contributed by atoms with Crippen LogP contribution in [0.4, 0.5) is 5.13 Å². The highest BCUT2D eigenvalue weighted by Crippen LogP contribution is 2.16. The summed E-state index contributed by atoms with van der Waals surface area (Å²) in [6.45, 7) is 4.06. The predicted molar refractivity (Wildman–Crippen MR) is 99.6 cm³/mol. The molecular formula is C16H20N4O4S2. The maximum absolute atomic E-state index is 12.4. The summed E-state index contributed by atoms with van der Waals surface area (Å²) >= 11 is 1.28. The molecule has 0 saturated carbocycles. The maximum atomic E-state index is 12.4. The zero-order valence-electron chi connectivity index (χ0n) is 14.4. The zero-order valence-corrected chi connectivity index (χ0v) is 16.1. The molecule has 1 aromatic heterocycles. The Kier molecular flexibility index (Phi) is 6.83. The fourth-order valence-corrected chi connectivity index (χ4v) is 4.21. The minimum Gasteiger partial charge on any atom is -0.343 e. The van der Waals surface area contributed by atoms with Crippen LogP contribution in [-0.2, 0) is 14.8 Å². The molecule has 2 aromatic rings. The van der Waals surface area contributed by atoms with Crippen molar-refractivity contribution in [3.63, 3.8) is 0 Å². The van der Waals surface area contributed by atoms with Crippen LogP contribution in [0.15, 0.2) is 40.7 Å². The molecule has 0 fully saturated rings. The van der Waals surface area contributed by atoms with Crippen molar-refractivity contribution in [1.82, 2.24) is 14.6 Å². The Balaban J connectivity index is 1.97. The first-order valence-electron chi connectivity index (χ1n) is 7.96. The summed E-state index contributed by atoms with van der Waals surface area (Å²) in [5.41, 5.74) is 0.269. The molecule has 2 amide bonds. The lowest BCUT2D eigenvalue weighted by Crippen LogP contribution is -2.33. The van der Waals surface area contributed by atoms with Crippen molar-refractivity contribution in [3.8, 4) is 0 Å². The van der Waals surface area contributed by atoms with Gasteiger partial charge in [0.25, 0.3) is 5.91 Å². The normalized spacial score (nSPS) is 11.3. The van der Waals surface area contributed by atoms with Gasteiger partial charge >= 0.3 is 0 Å². The van der Waals surface area contributed by atoms with Gasteiger partial charge < -0.3 is 10.6 Å². The van der Waals surface area contributed by atoms with Crippen LogP contribution >= 0.6 is 11.3 Å². The number of hydrogen-bond donors (Lipinski definition) is 2. The first-order valence-corrected chi connectivity index (χ1v) is 10.3. The van der Waals surface area contributed by atoms with Crippen LogP contribution in [0, 0.1) is 0 Å². The summed E-state index contributed by atoms with van der Waals surface area (Å²) in [4.78, 5) is 27.9. The number of aromatic nitrogens is 1. The molecule has 0 aliphatic carbocycles. The Morgan fingerprint density at radius 2 is 1.81 bits per heavy atom. The van der Waals surface area contributed by atoms with Gasteiger partial charge in [-0.3, -0.25) is 9.59 Å². The molecule has 8 nitrogen and oxygen atoms in total. The second-order valence-corrected chi connectivity index (χ2v) is 8.01. The lowest BCUT2D eigenvalue weighted by atomic mass is 10.2. The van der Waals surface area contributed by atoms with Crippen molar-refractivity contribution < 1.29 is 18.0 Å². The third kappa shape index (κ3) is 4.87. The number of nitrogens with one attached hydrogen (secondary N) is 2. The van der Waals surface area contributed by atoms with E-state index in [4.69, 9.17) is 0 Å². The Morgan fingerprint density at radius 1 is 1.15 bits per heavy atom. The fourth-order valence-electron chi connectivity index (χ4n) is 2.20. The van der Waals surface area contributed by atoms with E-state index in [1.165, 1.54) is 39.9 Å². The smallest absolute Gasteiger partial charge is 0.251 e. The van der Waals surface area contributed by atoms with Crippen molar-refractivity contribution in [1.29, 1.82) is 0 Å². The molecule has 140 valence electrons. The summed E-state index contributed by atoms with van der Waals surface area (Å²) < 4.78 is 26.2. The average molecular weight is 396 g/mol. The van der Waals surface area contributed by atoms with E-state index in [2.05, 4.69) is 15.6 Å². The van der Waals surface area contributed by atoms with E-state index in [9.17, 15) is 18.0 Å². The van der Waals surface area contributed by atoms with Gasteiger partial charge in [0.05, 0.1) is 11.4 Å². The van der Waals surface area contributed by atoms with Gasteiger partial charge in [0.15, 0.2) is 5.13 Å². The Hall–Kier alpha value is -2.30. The van der Waals surface area contributed by atoms with Gasteiger partial charge in [-0.25, -0.2) is 13.4 Å². The highest BCUT2D eigenvalue weighted by atomic mass is 32.2. The quantitative estimate of drug-likeness (QED) is 0.704. The molecule has 26 heavy (non-hydrogen) atoms. The fraction of sp³-hybridized carbons (Fsp3) is 0.312. The van der Waals surface area contributed by atoms with Gasteiger partial charge in [-0.1, -0.05) is 13.8 Å². The van der Waals surface area contributed by atoms with Crippen molar-refractivity contribution in [2.24, 2.45) is 0 Å². The summed E-state index contributed by atoms with van der Waals surface area (Å²) in [6, 6.07) is 5.62. The Morgan fingerprint density at radius 3 is 2.35 bits per heavy atom. The van der Waals surface area contributed by atoms with Crippen molar-refractivity contribution in [2.75, 3.05) is 25.0 Å². The van der Waals surface area contributed by atoms with Crippen LogP contribution in [0.2, 0.25) is 0 Å². The van der Waals surface area contributed by atoms with E-state index in [0.29, 0.717) is 18.2 Å². The number of benzene rings is 1. The van der Waals surface area contributed by atoms with Crippen LogP contribution in [0.1, 0.15) is 24.2 Å². The van der Waals surface area contributed by atoms with Crippen LogP contribution in [0.25, 0.3) is 0 Å². The SMILES string of the molecule is CCN(CC)S(=O)(=O)c1ccc(C(=O)NCC(=O)Nc2nccs2)cc1. The Labute approximate surface area is 156 Å². The van der Waals surface area contributed by atoms with Crippen LogP contribution in [0.5, 0.6) is 0 Å². The number of thiazole rings is 1. The van der Waals surface area contributed by atoms with E-state index >= 15 is 0 Å². The third-order valence-electron chi connectivity index (χ3n) is 3.55. The minimum atomic E-state index is -3.57. The molecule has 2 rings (SSSR count). The predicted octanol–water partition coefficient (Wildman–Crippen LogP) is 1.54. The zero-order chi connectivity index (χ0) is 19.2. The number of carbonyl (C=O) groups is 2. The molecule has 0 aliphatic heterocycles. The number of nitrogens with zero attached hydrogens (tertiary/aromatic N) is 2. The van der Waals surface area contributed by atoms with Gasteiger partial charge in [0.1, 0.15) is 0 Å². The monoisotopic (exact) mass is 396 g/mol. The van der Waals surface area contributed by atoms with Crippen LogP contribution < -0.4 is 10.6 Å². The summed E-state index contributed by atoms with van der Waals surface area (Å²) in [5, 5.41) is 7.21. The molecule has 1 heterocycles. The second-order valence-electron chi connectivity index (χ2n) is 5.18. The van der Waals surface area contributed by atoms with E-state index < -0.39 is 21.8 Å². The van der Waals surface area contributed by atoms with Gasteiger partial charge in [-0.15, -0.1) is 11.3 Å². The van der Waals surface area contributed by atoms with E-state index in [1.807, 2.05) is 0 Å². The lowest BCUT2D eigenvalue weighted by Gasteiger charge is -2.18. The lowest BCUT2D eigenvalue weighted by molar-refractivity contribution is -0.115. The molecule has 10 heteroatoms. The van der Waals surface area contributed by atoms with Crippen molar-refractivity contribution in [2.45, 2.75) is 18.7 Å². The largest absolute Gasteiger partial charge is 0.343 e. The van der Waals surface area contributed by atoms with Gasteiger partial charge in [0.2, 0.25) is 15.9 Å². The molecule has 0 bridgehead atoms. The van der Waals surface area contributed by atoms with Crippen molar-refractivity contribution >= 4 is 38.3 Å². The summed E-state index contributed by atoms with van der Waals surface area (Å²) in [7, 11) is -3.57. The molecule has 0 unspecified atom stereocenters.